The molecule has 1 heterocycles. The van der Waals surface area contributed by atoms with Crippen LogP contribution in [-0.4, -0.2) is 16.7 Å². The second-order valence-corrected chi connectivity index (χ2v) is 5.36. The van der Waals surface area contributed by atoms with E-state index in [1.165, 1.54) is 18.3 Å². The molecule has 2 aromatic rings. The van der Waals surface area contributed by atoms with Crippen LogP contribution < -0.4 is 5.32 Å². The van der Waals surface area contributed by atoms with E-state index in [1.807, 2.05) is 6.07 Å². The fraction of sp³-hybridized carbons (Fsp3) is 0.214. The average molecular weight is 361 g/mol. The van der Waals surface area contributed by atoms with Crippen LogP contribution in [0.4, 0.5) is 18.9 Å². The second-order valence-electron chi connectivity index (χ2n) is 4.50. The molecule has 0 aliphatic rings. The minimum Gasteiger partial charge on any atom is -0.334 e. The Morgan fingerprint density at radius 3 is 2.67 bits per heavy atom. The van der Waals surface area contributed by atoms with Gasteiger partial charge in [-0.3, -0.25) is 4.79 Å². The third-order valence-electron chi connectivity index (χ3n) is 2.93. The first-order valence-electron chi connectivity index (χ1n) is 6.06. The summed E-state index contributed by atoms with van der Waals surface area (Å²) in [6.07, 6.45) is -3.14. The summed E-state index contributed by atoms with van der Waals surface area (Å²) >= 11 is 3.33. The minimum atomic E-state index is -4.38. The van der Waals surface area contributed by atoms with Crippen LogP contribution in [0.5, 0.6) is 0 Å². The first kappa shape index (κ1) is 15.6. The molecule has 1 aromatic heterocycles. The van der Waals surface area contributed by atoms with Crippen LogP contribution in [0, 0.1) is 6.92 Å². The van der Waals surface area contributed by atoms with Gasteiger partial charge in [-0.25, -0.2) is 0 Å². The monoisotopic (exact) mass is 360 g/mol. The molecule has 0 unspecified atom stereocenters. The van der Waals surface area contributed by atoms with Crippen LogP contribution in [0.3, 0.4) is 0 Å². The summed E-state index contributed by atoms with van der Waals surface area (Å²) in [6, 6.07) is 8.01. The number of nitrogens with zero attached hydrogens (tertiary/aromatic N) is 1. The van der Waals surface area contributed by atoms with Gasteiger partial charge in [-0.1, -0.05) is 22.0 Å². The van der Waals surface area contributed by atoms with E-state index in [4.69, 9.17) is 0 Å². The summed E-state index contributed by atoms with van der Waals surface area (Å²) < 4.78 is 39.0. The zero-order valence-corrected chi connectivity index (χ0v) is 12.6. The Morgan fingerprint density at radius 2 is 2.00 bits per heavy atom. The number of rotatable bonds is 3. The number of aromatic nitrogens is 1. The highest BCUT2D eigenvalue weighted by Crippen LogP contribution is 2.24. The normalized spacial score (nSPS) is 11.5. The van der Waals surface area contributed by atoms with Crippen molar-refractivity contribution in [3.8, 4) is 0 Å². The van der Waals surface area contributed by atoms with E-state index in [1.54, 1.807) is 19.1 Å². The SMILES string of the molecule is Cc1c(Br)cccc1NC(=O)c1cccn1CC(F)(F)F. The van der Waals surface area contributed by atoms with Gasteiger partial charge in [0.2, 0.25) is 0 Å². The van der Waals surface area contributed by atoms with E-state index in [0.717, 1.165) is 14.6 Å². The molecule has 1 amide bonds. The Morgan fingerprint density at radius 1 is 1.29 bits per heavy atom. The van der Waals surface area contributed by atoms with Crippen LogP contribution in [-0.2, 0) is 6.54 Å². The number of carbonyl (C=O) groups is 1. The molecule has 0 aliphatic carbocycles. The molecule has 0 atom stereocenters. The molecule has 2 rings (SSSR count). The highest BCUT2D eigenvalue weighted by molar-refractivity contribution is 9.10. The molecular weight excluding hydrogens is 349 g/mol. The Labute approximate surface area is 127 Å². The molecule has 0 saturated heterocycles. The Kier molecular flexibility index (Phi) is 4.41. The van der Waals surface area contributed by atoms with Crippen LogP contribution in [0.1, 0.15) is 16.1 Å². The van der Waals surface area contributed by atoms with Gasteiger partial charge in [-0.2, -0.15) is 13.2 Å². The van der Waals surface area contributed by atoms with Gasteiger partial charge < -0.3 is 9.88 Å². The minimum absolute atomic E-state index is 0.0355. The van der Waals surface area contributed by atoms with Gasteiger partial charge in [0, 0.05) is 16.4 Å². The number of hydrogen-bond donors (Lipinski definition) is 1. The van der Waals surface area contributed by atoms with Crippen molar-refractivity contribution in [3.63, 3.8) is 0 Å². The van der Waals surface area contributed by atoms with E-state index in [9.17, 15) is 18.0 Å². The molecule has 0 bridgehead atoms. The van der Waals surface area contributed by atoms with Gasteiger partial charge in [0.05, 0.1) is 0 Å². The molecule has 0 spiro atoms. The summed E-state index contributed by atoms with van der Waals surface area (Å²) in [7, 11) is 0. The maximum Gasteiger partial charge on any atom is 0.406 e. The van der Waals surface area contributed by atoms with Crippen molar-refractivity contribution < 1.29 is 18.0 Å². The molecule has 0 fully saturated rings. The maximum absolute atomic E-state index is 12.4. The Hall–Kier alpha value is -1.76. The predicted octanol–water partition coefficient (Wildman–Crippen LogP) is 4.37. The van der Waals surface area contributed by atoms with Crippen molar-refractivity contribution in [2.45, 2.75) is 19.6 Å². The lowest BCUT2D eigenvalue weighted by Crippen LogP contribution is -2.23. The fourth-order valence-electron chi connectivity index (χ4n) is 1.88. The number of alkyl halides is 3. The van der Waals surface area contributed by atoms with Crippen molar-refractivity contribution >= 4 is 27.5 Å². The van der Waals surface area contributed by atoms with Gasteiger partial charge in [0.25, 0.3) is 5.91 Å². The number of anilines is 1. The molecule has 21 heavy (non-hydrogen) atoms. The van der Waals surface area contributed by atoms with E-state index < -0.39 is 18.6 Å². The first-order chi connectivity index (χ1) is 9.78. The lowest BCUT2D eigenvalue weighted by molar-refractivity contribution is -0.140. The third kappa shape index (κ3) is 3.87. The van der Waals surface area contributed by atoms with Gasteiger partial charge in [-0.05, 0) is 36.8 Å². The first-order valence-corrected chi connectivity index (χ1v) is 6.85. The predicted molar refractivity (Wildman–Crippen MR) is 77.3 cm³/mol. The highest BCUT2D eigenvalue weighted by atomic mass is 79.9. The van der Waals surface area contributed by atoms with Gasteiger partial charge in [-0.15, -0.1) is 0 Å². The van der Waals surface area contributed by atoms with Crippen LogP contribution in [0.2, 0.25) is 0 Å². The van der Waals surface area contributed by atoms with Gasteiger partial charge >= 0.3 is 6.18 Å². The van der Waals surface area contributed by atoms with Gasteiger partial charge in [0.1, 0.15) is 12.2 Å². The summed E-state index contributed by atoms with van der Waals surface area (Å²) in [5.41, 5.74) is 1.32. The zero-order valence-electron chi connectivity index (χ0n) is 11.0. The second kappa shape index (κ2) is 5.93. The molecule has 0 radical (unpaired) electrons. The number of benzene rings is 1. The third-order valence-corrected chi connectivity index (χ3v) is 3.79. The van der Waals surface area contributed by atoms with E-state index in [0.29, 0.717) is 5.69 Å². The standard InChI is InChI=1S/C14H12BrF3N2O/c1-9-10(15)4-2-5-11(9)19-13(21)12-6-3-7-20(12)8-14(16,17)18/h2-7H,8H2,1H3,(H,19,21). The Balaban J connectivity index is 2.22. The summed E-state index contributed by atoms with van der Waals surface area (Å²) in [5.74, 6) is -0.578. The smallest absolute Gasteiger partial charge is 0.334 e. The Bertz CT molecular complexity index is 664. The van der Waals surface area contributed by atoms with Crippen LogP contribution >= 0.6 is 15.9 Å². The van der Waals surface area contributed by atoms with E-state index in [-0.39, 0.29) is 5.69 Å². The van der Waals surface area contributed by atoms with Crippen molar-refractivity contribution in [1.82, 2.24) is 4.57 Å². The number of amides is 1. The summed E-state index contributed by atoms with van der Waals surface area (Å²) in [5, 5.41) is 2.62. The largest absolute Gasteiger partial charge is 0.406 e. The van der Waals surface area contributed by atoms with Crippen molar-refractivity contribution in [2.24, 2.45) is 0 Å². The van der Waals surface area contributed by atoms with Crippen molar-refractivity contribution in [1.29, 1.82) is 0 Å². The van der Waals surface area contributed by atoms with E-state index >= 15 is 0 Å². The fourth-order valence-corrected chi connectivity index (χ4v) is 2.25. The average Bonchev–Trinajstić information content (AvgIpc) is 2.80. The maximum atomic E-state index is 12.4. The molecule has 112 valence electrons. The molecule has 1 aromatic carbocycles. The number of hydrogen-bond acceptors (Lipinski definition) is 1. The van der Waals surface area contributed by atoms with Crippen molar-refractivity contribution in [2.75, 3.05) is 5.32 Å². The van der Waals surface area contributed by atoms with Gasteiger partial charge in [0.15, 0.2) is 0 Å². The highest BCUT2D eigenvalue weighted by Gasteiger charge is 2.29. The van der Waals surface area contributed by atoms with Crippen molar-refractivity contribution in [3.05, 3.63) is 52.3 Å². The summed E-state index contributed by atoms with van der Waals surface area (Å²) in [4.78, 5) is 12.1. The molecule has 3 nitrogen and oxygen atoms in total. The molecule has 7 heteroatoms. The lowest BCUT2D eigenvalue weighted by atomic mass is 10.2. The quantitative estimate of drug-likeness (QED) is 0.865. The number of halogens is 4. The van der Waals surface area contributed by atoms with Crippen LogP contribution in [0.15, 0.2) is 41.0 Å². The molecule has 0 saturated carbocycles. The van der Waals surface area contributed by atoms with Crippen LogP contribution in [0.25, 0.3) is 0 Å². The molecule has 1 N–H and O–H groups in total. The molecule has 0 aliphatic heterocycles. The molecular formula is C14H12BrF3N2O. The number of nitrogens with one attached hydrogen (secondary N) is 1. The zero-order chi connectivity index (χ0) is 15.6. The van der Waals surface area contributed by atoms with E-state index in [2.05, 4.69) is 21.2 Å². The summed E-state index contributed by atoms with van der Waals surface area (Å²) in [6.45, 7) is 0.606. The lowest BCUT2D eigenvalue weighted by Gasteiger charge is -2.13. The topological polar surface area (TPSA) is 34.0 Å². The number of carbonyl (C=O) groups excluding carboxylic acids is 1.